The molecule has 1 aliphatic heterocycles. The van der Waals surface area contributed by atoms with Gasteiger partial charge in [-0.05, 0) is 23.8 Å². The zero-order valence-electron chi connectivity index (χ0n) is 11.8. The van der Waals surface area contributed by atoms with E-state index in [1.54, 1.807) is 33.9 Å². The highest BCUT2D eigenvalue weighted by atomic mass is 35.5. The van der Waals surface area contributed by atoms with Crippen LogP contribution in [0, 0.1) is 0 Å². The number of aliphatic hydroxyl groups excluding tert-OH is 1. The van der Waals surface area contributed by atoms with Crippen molar-refractivity contribution in [2.45, 2.75) is 19.7 Å². The maximum Gasteiger partial charge on any atom is 0.246 e. The van der Waals surface area contributed by atoms with Gasteiger partial charge in [0.2, 0.25) is 5.91 Å². The van der Waals surface area contributed by atoms with Gasteiger partial charge in [0.25, 0.3) is 0 Å². The van der Waals surface area contributed by atoms with Crippen molar-refractivity contribution < 1.29 is 9.90 Å². The quantitative estimate of drug-likeness (QED) is 0.870. The van der Waals surface area contributed by atoms with Crippen LogP contribution in [0.5, 0.6) is 0 Å². The topological polar surface area (TPSA) is 71.2 Å². The molecule has 1 N–H and O–H groups in total. The zero-order chi connectivity index (χ0) is 15.5. The Balaban J connectivity index is 1.69. The Hall–Kier alpha value is -2.18. The second-order valence-electron chi connectivity index (χ2n) is 5.01. The minimum atomic E-state index is -0.169. The lowest BCUT2D eigenvalue weighted by molar-refractivity contribution is -0.127. The third-order valence-corrected chi connectivity index (χ3v) is 3.84. The minimum absolute atomic E-state index is 0.0775. The van der Waals surface area contributed by atoms with E-state index in [2.05, 4.69) is 10.3 Å². The number of hydrogen-bond donors (Lipinski definition) is 1. The summed E-state index contributed by atoms with van der Waals surface area (Å²) in [6.07, 6.45) is 3.30. The van der Waals surface area contributed by atoms with Gasteiger partial charge in [0.1, 0.15) is 5.69 Å². The van der Waals surface area contributed by atoms with Crippen molar-refractivity contribution in [3.05, 3.63) is 52.3 Å². The molecule has 7 heteroatoms. The predicted molar refractivity (Wildman–Crippen MR) is 81.8 cm³/mol. The number of aromatic nitrogens is 3. The summed E-state index contributed by atoms with van der Waals surface area (Å²) in [5.74, 6) is -0.0775. The van der Waals surface area contributed by atoms with Gasteiger partial charge in [-0.1, -0.05) is 28.9 Å². The Labute approximate surface area is 132 Å². The number of hydrogen-bond acceptors (Lipinski definition) is 4. The molecule has 0 spiro atoms. The summed E-state index contributed by atoms with van der Waals surface area (Å²) in [7, 11) is 0. The number of rotatable bonds is 3. The number of aliphatic hydroxyl groups is 1. The van der Waals surface area contributed by atoms with Crippen molar-refractivity contribution in [1.82, 2.24) is 19.9 Å². The molecule has 2 aromatic rings. The van der Waals surface area contributed by atoms with Gasteiger partial charge in [-0.3, -0.25) is 4.79 Å². The summed E-state index contributed by atoms with van der Waals surface area (Å²) in [5.41, 5.74) is 2.23. The molecule has 3 rings (SSSR count). The highest BCUT2D eigenvalue weighted by Gasteiger charge is 2.23. The zero-order valence-corrected chi connectivity index (χ0v) is 12.6. The summed E-state index contributed by atoms with van der Waals surface area (Å²) in [5, 5.41) is 17.8. The second-order valence-corrected chi connectivity index (χ2v) is 5.45. The average Bonchev–Trinajstić information content (AvgIpc) is 2.96. The van der Waals surface area contributed by atoms with Crippen LogP contribution in [0.3, 0.4) is 0 Å². The van der Waals surface area contributed by atoms with Crippen LogP contribution in [0.2, 0.25) is 5.02 Å². The van der Waals surface area contributed by atoms with Crippen molar-refractivity contribution in [2.75, 3.05) is 6.54 Å². The molecule has 1 aromatic carbocycles. The molecule has 0 saturated heterocycles. The molecule has 0 saturated carbocycles. The fourth-order valence-electron chi connectivity index (χ4n) is 2.35. The molecule has 0 fully saturated rings. The molecule has 1 aliphatic rings. The molecule has 0 aliphatic carbocycles. The van der Waals surface area contributed by atoms with Gasteiger partial charge in [0.05, 0.1) is 25.4 Å². The molecule has 0 radical (unpaired) electrons. The molecule has 0 bridgehead atoms. The monoisotopic (exact) mass is 318 g/mol. The number of benzene rings is 1. The van der Waals surface area contributed by atoms with E-state index in [1.165, 1.54) is 0 Å². The predicted octanol–water partition coefficient (Wildman–Crippen LogP) is 1.48. The average molecular weight is 319 g/mol. The maximum atomic E-state index is 12.3. The standard InChI is InChI=1S/C15H15ClN4O2/c16-12-4-1-11(2-5-12)3-6-15(22)19-7-8-20-14(9-19)13(10-21)17-18-20/h1-6,21H,7-10H2. The molecular weight excluding hydrogens is 304 g/mol. The van der Waals surface area contributed by atoms with Crippen LogP contribution in [-0.4, -0.2) is 37.5 Å². The number of halogens is 1. The van der Waals surface area contributed by atoms with Crippen LogP contribution in [0.4, 0.5) is 0 Å². The van der Waals surface area contributed by atoms with Gasteiger partial charge >= 0.3 is 0 Å². The summed E-state index contributed by atoms with van der Waals surface area (Å²) in [4.78, 5) is 14.0. The molecule has 1 aromatic heterocycles. The van der Waals surface area contributed by atoms with Gasteiger partial charge in [0, 0.05) is 17.6 Å². The van der Waals surface area contributed by atoms with Gasteiger partial charge in [-0.25, -0.2) is 4.68 Å². The van der Waals surface area contributed by atoms with Crippen LogP contribution in [-0.2, 0) is 24.5 Å². The fraction of sp³-hybridized carbons (Fsp3) is 0.267. The van der Waals surface area contributed by atoms with E-state index in [1.807, 2.05) is 12.1 Å². The molecule has 6 nitrogen and oxygen atoms in total. The lowest BCUT2D eigenvalue weighted by Gasteiger charge is -2.26. The lowest BCUT2D eigenvalue weighted by atomic mass is 10.2. The maximum absolute atomic E-state index is 12.3. The van der Waals surface area contributed by atoms with E-state index in [-0.39, 0.29) is 12.5 Å². The Morgan fingerprint density at radius 1 is 1.32 bits per heavy atom. The van der Waals surface area contributed by atoms with Gasteiger partial charge in [0.15, 0.2) is 0 Å². The van der Waals surface area contributed by atoms with Crippen molar-refractivity contribution >= 4 is 23.6 Å². The normalized spacial score (nSPS) is 14.4. The highest BCUT2D eigenvalue weighted by molar-refractivity contribution is 6.30. The van der Waals surface area contributed by atoms with E-state index >= 15 is 0 Å². The van der Waals surface area contributed by atoms with Crippen molar-refractivity contribution in [3.63, 3.8) is 0 Å². The van der Waals surface area contributed by atoms with Crippen LogP contribution in [0.15, 0.2) is 30.3 Å². The van der Waals surface area contributed by atoms with Crippen molar-refractivity contribution in [3.8, 4) is 0 Å². The molecule has 2 heterocycles. The molecule has 114 valence electrons. The first-order chi connectivity index (χ1) is 10.7. The van der Waals surface area contributed by atoms with Gasteiger partial charge in [-0.15, -0.1) is 5.10 Å². The van der Waals surface area contributed by atoms with Crippen LogP contribution in [0.1, 0.15) is 17.0 Å². The minimum Gasteiger partial charge on any atom is -0.390 e. The van der Waals surface area contributed by atoms with Crippen molar-refractivity contribution in [2.24, 2.45) is 0 Å². The molecule has 22 heavy (non-hydrogen) atoms. The summed E-state index contributed by atoms with van der Waals surface area (Å²) in [6, 6.07) is 7.27. The Bertz CT molecular complexity index is 695. The van der Waals surface area contributed by atoms with E-state index in [0.717, 1.165) is 11.3 Å². The number of fused-ring (bicyclic) bond motifs is 1. The lowest BCUT2D eigenvalue weighted by Crippen LogP contribution is -2.37. The first-order valence-electron chi connectivity index (χ1n) is 6.92. The Morgan fingerprint density at radius 3 is 2.82 bits per heavy atom. The van der Waals surface area contributed by atoms with Gasteiger partial charge in [-0.2, -0.15) is 0 Å². The van der Waals surface area contributed by atoms with Gasteiger partial charge < -0.3 is 10.0 Å². The van der Waals surface area contributed by atoms with Crippen LogP contribution < -0.4 is 0 Å². The number of amides is 1. The summed E-state index contributed by atoms with van der Waals surface area (Å²) >= 11 is 5.83. The first-order valence-corrected chi connectivity index (χ1v) is 7.30. The molecule has 1 amide bonds. The van der Waals surface area contributed by atoms with E-state index in [9.17, 15) is 9.90 Å². The molecule has 0 atom stereocenters. The Kier molecular flexibility index (Phi) is 4.22. The van der Waals surface area contributed by atoms with E-state index in [0.29, 0.717) is 30.4 Å². The third-order valence-electron chi connectivity index (χ3n) is 3.59. The van der Waals surface area contributed by atoms with E-state index in [4.69, 9.17) is 11.6 Å². The van der Waals surface area contributed by atoms with Crippen LogP contribution >= 0.6 is 11.6 Å². The fourth-order valence-corrected chi connectivity index (χ4v) is 2.48. The number of carbonyl (C=O) groups is 1. The third kappa shape index (κ3) is 3.03. The number of carbonyl (C=O) groups excluding carboxylic acids is 1. The Morgan fingerprint density at radius 2 is 2.09 bits per heavy atom. The SMILES string of the molecule is O=C(C=Cc1ccc(Cl)cc1)N1CCn2nnc(CO)c2C1. The van der Waals surface area contributed by atoms with Crippen LogP contribution in [0.25, 0.3) is 6.08 Å². The first kappa shape index (κ1) is 14.7. The number of nitrogens with zero attached hydrogens (tertiary/aromatic N) is 4. The van der Waals surface area contributed by atoms with Crippen molar-refractivity contribution in [1.29, 1.82) is 0 Å². The summed E-state index contributed by atoms with van der Waals surface area (Å²) < 4.78 is 1.73. The van der Waals surface area contributed by atoms with E-state index < -0.39 is 0 Å². The summed E-state index contributed by atoms with van der Waals surface area (Å²) in [6.45, 7) is 1.40. The molecular formula is C15H15ClN4O2. The molecule has 0 unspecified atom stereocenters. The smallest absolute Gasteiger partial charge is 0.246 e. The second kappa shape index (κ2) is 6.29. The highest BCUT2D eigenvalue weighted by Crippen LogP contribution is 2.16. The largest absolute Gasteiger partial charge is 0.390 e.